The molecule has 2 aliphatic rings. The zero-order chi connectivity index (χ0) is 23.4. The van der Waals surface area contributed by atoms with E-state index in [1.165, 1.54) is 17.1 Å². The number of nitriles is 1. The highest BCUT2D eigenvalue weighted by Gasteiger charge is 2.35. The lowest BCUT2D eigenvalue weighted by Crippen LogP contribution is -2.56. The summed E-state index contributed by atoms with van der Waals surface area (Å²) in [6.07, 6.45) is 0.612. The first-order valence-electron chi connectivity index (χ1n) is 10.4. The number of halogens is 2. The Balaban J connectivity index is 1.77. The Kier molecular flexibility index (Phi) is 5.08. The highest BCUT2D eigenvalue weighted by atomic mass is 32.1. The smallest absolute Gasteiger partial charge is 0.256 e. The van der Waals surface area contributed by atoms with Crippen LogP contribution in [-0.4, -0.2) is 43.0 Å². The summed E-state index contributed by atoms with van der Waals surface area (Å²) in [5.74, 6) is 4.63. The number of fused-ring (bicyclic) bond motifs is 3. The first kappa shape index (κ1) is 21.4. The molecule has 3 aromatic rings. The maximum Gasteiger partial charge on any atom is 0.256 e. The third-order valence-electron chi connectivity index (χ3n) is 6.32. The van der Waals surface area contributed by atoms with Crippen molar-refractivity contribution in [1.29, 1.82) is 5.26 Å². The van der Waals surface area contributed by atoms with E-state index < -0.39 is 11.6 Å². The summed E-state index contributed by atoms with van der Waals surface area (Å²) in [5, 5.41) is 14.5. The predicted octanol–water partition coefficient (Wildman–Crippen LogP) is 2.38. The fourth-order valence-corrected chi connectivity index (χ4v) is 5.70. The van der Waals surface area contributed by atoms with Crippen molar-refractivity contribution in [2.45, 2.75) is 12.5 Å². The van der Waals surface area contributed by atoms with Crippen molar-refractivity contribution < 1.29 is 13.6 Å². The second-order valence-electron chi connectivity index (χ2n) is 8.13. The molecule has 0 saturated carbocycles. The zero-order valence-electron chi connectivity index (χ0n) is 17.5. The number of hydrazine groups is 1. The van der Waals surface area contributed by atoms with Gasteiger partial charge in [0.05, 0.1) is 27.2 Å². The molecule has 1 amide bonds. The highest BCUT2D eigenvalue weighted by Crippen LogP contribution is 2.46. The molecule has 2 aliphatic heterocycles. The number of hydrogen-bond acceptors (Lipinski definition) is 8. The highest BCUT2D eigenvalue weighted by molar-refractivity contribution is 7.23. The Hall–Kier alpha value is -3.46. The van der Waals surface area contributed by atoms with Gasteiger partial charge in [-0.15, -0.1) is 11.3 Å². The molecule has 0 aliphatic carbocycles. The lowest BCUT2D eigenvalue weighted by atomic mass is 9.93. The standard InChI is InChI=1S/C22H21F2N7OS/c23-14-2-1-11(16-13(8-25)21(27)33-20(14)16)17-15(24)7-12-19(18(17)26)31(28)5-3-10-9-29-4-6-30(10)22(12)32/h1-2,7,10,29H,3-6,9,26-28H2. The number of hydrogen-bond donors (Lipinski definition) is 4. The summed E-state index contributed by atoms with van der Waals surface area (Å²) < 4.78 is 30.3. The molecule has 11 heteroatoms. The van der Waals surface area contributed by atoms with Crippen LogP contribution in [0.2, 0.25) is 0 Å². The molecule has 1 atom stereocenters. The second kappa shape index (κ2) is 7.84. The lowest BCUT2D eigenvalue weighted by molar-refractivity contribution is 0.0622. The van der Waals surface area contributed by atoms with Gasteiger partial charge in [-0.05, 0) is 24.1 Å². The summed E-state index contributed by atoms with van der Waals surface area (Å²) in [7, 11) is 0. The number of anilines is 3. The third-order valence-corrected chi connectivity index (χ3v) is 7.35. The van der Waals surface area contributed by atoms with E-state index in [2.05, 4.69) is 5.32 Å². The average molecular weight is 470 g/mol. The fourth-order valence-electron chi connectivity index (χ4n) is 4.76. The van der Waals surface area contributed by atoms with Crippen LogP contribution in [-0.2, 0) is 0 Å². The van der Waals surface area contributed by atoms with E-state index in [0.29, 0.717) is 32.6 Å². The number of nitrogens with zero attached hydrogens (tertiary/aromatic N) is 3. The zero-order valence-corrected chi connectivity index (χ0v) is 18.3. The summed E-state index contributed by atoms with van der Waals surface area (Å²) in [6, 6.07) is 5.59. The minimum absolute atomic E-state index is 0.0454. The molecule has 33 heavy (non-hydrogen) atoms. The molecule has 1 unspecified atom stereocenters. The third kappa shape index (κ3) is 3.18. The number of piperazine rings is 1. The van der Waals surface area contributed by atoms with Gasteiger partial charge in [0, 0.05) is 43.2 Å². The summed E-state index contributed by atoms with van der Waals surface area (Å²) in [4.78, 5) is 15.1. The quantitative estimate of drug-likeness (QED) is 0.317. The normalized spacial score (nSPS) is 18.5. The first-order valence-corrected chi connectivity index (χ1v) is 11.2. The number of amides is 1. The first-order chi connectivity index (χ1) is 15.8. The van der Waals surface area contributed by atoms with Crippen LogP contribution in [0.25, 0.3) is 21.2 Å². The molecule has 5 rings (SSSR count). The summed E-state index contributed by atoms with van der Waals surface area (Å²) in [5.41, 5.74) is 12.9. The van der Waals surface area contributed by atoms with Crippen LogP contribution in [0.1, 0.15) is 22.3 Å². The van der Waals surface area contributed by atoms with Crippen LogP contribution < -0.4 is 27.6 Å². The number of carbonyl (C=O) groups is 1. The van der Waals surface area contributed by atoms with Gasteiger partial charge >= 0.3 is 0 Å². The molecule has 7 N–H and O–H groups in total. The van der Waals surface area contributed by atoms with Gasteiger partial charge in [0.1, 0.15) is 22.7 Å². The van der Waals surface area contributed by atoms with Gasteiger partial charge in [0.25, 0.3) is 5.91 Å². The fraction of sp³-hybridized carbons (Fsp3) is 0.273. The number of thiophene rings is 1. The van der Waals surface area contributed by atoms with Crippen molar-refractivity contribution in [3.8, 4) is 17.2 Å². The van der Waals surface area contributed by atoms with Gasteiger partial charge in [-0.2, -0.15) is 5.26 Å². The second-order valence-corrected chi connectivity index (χ2v) is 9.19. The van der Waals surface area contributed by atoms with E-state index in [-0.39, 0.29) is 60.7 Å². The molecule has 3 heterocycles. The molecule has 0 radical (unpaired) electrons. The molecule has 0 bridgehead atoms. The summed E-state index contributed by atoms with van der Waals surface area (Å²) >= 11 is 0.914. The topological polar surface area (TPSA) is 137 Å². The SMILES string of the molecule is N#Cc1c(N)sc2c(F)ccc(-c3c(F)cc4c(c3N)N(N)CCC3CNCCN3C4=O)c12. The number of nitrogens with two attached hydrogens (primary N) is 3. The van der Waals surface area contributed by atoms with E-state index in [9.17, 15) is 14.4 Å². The monoisotopic (exact) mass is 469 g/mol. The number of carbonyl (C=O) groups excluding carboxylic acids is 1. The van der Waals surface area contributed by atoms with Crippen LogP contribution >= 0.6 is 11.3 Å². The number of benzene rings is 2. The van der Waals surface area contributed by atoms with E-state index >= 15 is 4.39 Å². The van der Waals surface area contributed by atoms with Crippen LogP contribution in [0, 0.1) is 23.0 Å². The Bertz CT molecular complexity index is 1350. The maximum atomic E-state index is 15.6. The van der Waals surface area contributed by atoms with E-state index in [1.54, 1.807) is 4.90 Å². The van der Waals surface area contributed by atoms with Gasteiger partial charge in [-0.1, -0.05) is 6.07 Å². The molecular weight excluding hydrogens is 448 g/mol. The van der Waals surface area contributed by atoms with Crippen molar-refractivity contribution >= 4 is 43.7 Å². The van der Waals surface area contributed by atoms with Gasteiger partial charge < -0.3 is 26.7 Å². The van der Waals surface area contributed by atoms with Crippen LogP contribution in [0.4, 0.5) is 25.2 Å². The Morgan fingerprint density at radius 2 is 1.97 bits per heavy atom. The van der Waals surface area contributed by atoms with Crippen LogP contribution in [0.3, 0.4) is 0 Å². The molecule has 1 aromatic heterocycles. The number of rotatable bonds is 1. The van der Waals surface area contributed by atoms with Crippen molar-refractivity contribution in [1.82, 2.24) is 10.2 Å². The van der Waals surface area contributed by atoms with Gasteiger partial charge in [-0.25, -0.2) is 14.6 Å². The molecule has 170 valence electrons. The van der Waals surface area contributed by atoms with E-state index in [1.807, 2.05) is 6.07 Å². The average Bonchev–Trinajstić information content (AvgIpc) is 3.14. The minimum Gasteiger partial charge on any atom is -0.396 e. The molecular formula is C22H21F2N7OS. The van der Waals surface area contributed by atoms with Gasteiger partial charge in [-0.3, -0.25) is 4.79 Å². The van der Waals surface area contributed by atoms with Crippen molar-refractivity contribution in [2.24, 2.45) is 5.84 Å². The van der Waals surface area contributed by atoms with Gasteiger partial charge in [0.15, 0.2) is 0 Å². The largest absolute Gasteiger partial charge is 0.396 e. The number of nitrogens with one attached hydrogen (secondary N) is 1. The van der Waals surface area contributed by atoms with E-state index in [4.69, 9.17) is 17.3 Å². The Morgan fingerprint density at radius 1 is 1.18 bits per heavy atom. The molecule has 0 spiro atoms. The summed E-state index contributed by atoms with van der Waals surface area (Å²) in [6.45, 7) is 2.17. The molecule has 8 nitrogen and oxygen atoms in total. The lowest BCUT2D eigenvalue weighted by Gasteiger charge is -2.40. The minimum atomic E-state index is -0.762. The Labute approximate surface area is 192 Å². The van der Waals surface area contributed by atoms with Gasteiger partial charge in [0.2, 0.25) is 0 Å². The van der Waals surface area contributed by atoms with Crippen LogP contribution in [0.15, 0.2) is 18.2 Å². The predicted molar refractivity (Wildman–Crippen MR) is 125 cm³/mol. The van der Waals surface area contributed by atoms with Crippen molar-refractivity contribution in [3.63, 3.8) is 0 Å². The maximum absolute atomic E-state index is 15.6. The Morgan fingerprint density at radius 3 is 2.73 bits per heavy atom. The molecule has 1 saturated heterocycles. The van der Waals surface area contributed by atoms with Crippen molar-refractivity contribution in [3.05, 3.63) is 41.0 Å². The molecule has 2 aromatic carbocycles. The van der Waals surface area contributed by atoms with Crippen LogP contribution in [0.5, 0.6) is 0 Å². The van der Waals surface area contributed by atoms with Crippen molar-refractivity contribution in [2.75, 3.05) is 42.7 Å². The molecule has 1 fully saturated rings. The number of nitrogen functional groups attached to an aromatic ring is 2. The van der Waals surface area contributed by atoms with E-state index in [0.717, 1.165) is 17.4 Å².